The fourth-order valence-corrected chi connectivity index (χ4v) is 1.86. The van der Waals surface area contributed by atoms with Gasteiger partial charge < -0.3 is 22.5 Å². The Balaban J connectivity index is 3.29. The van der Waals surface area contributed by atoms with E-state index in [1.54, 1.807) is 0 Å². The van der Waals surface area contributed by atoms with Gasteiger partial charge in [0.2, 0.25) is 0 Å². The average Bonchev–Trinajstić information content (AvgIpc) is 2.20. The molecule has 0 spiro atoms. The number of nitrogens with one attached hydrogen (secondary N) is 1. The summed E-state index contributed by atoms with van der Waals surface area (Å²) in [4.78, 5) is 11.0. The SMILES string of the molecule is Cc1cc(C)c(NC(N)=O)c(C(C)C(N)N)c1. The normalized spacial score (nSPS) is 12.6. The second kappa shape index (κ2) is 5.16. The van der Waals surface area contributed by atoms with Gasteiger partial charge in [0.15, 0.2) is 0 Å². The number of aryl methyl sites for hydroxylation is 2. The Kier molecular flexibility index (Phi) is 4.09. The minimum absolute atomic E-state index is 0.0598. The number of rotatable bonds is 3. The minimum atomic E-state index is -0.587. The minimum Gasteiger partial charge on any atom is -0.351 e. The third-order valence-corrected chi connectivity index (χ3v) is 2.83. The van der Waals surface area contributed by atoms with E-state index in [9.17, 15) is 4.79 Å². The summed E-state index contributed by atoms with van der Waals surface area (Å²) in [5, 5.41) is 2.63. The van der Waals surface area contributed by atoms with Crippen molar-refractivity contribution in [2.75, 3.05) is 5.32 Å². The van der Waals surface area contributed by atoms with Crippen LogP contribution < -0.4 is 22.5 Å². The average molecular weight is 236 g/mol. The lowest BCUT2D eigenvalue weighted by molar-refractivity contribution is 0.259. The number of hydrogen-bond acceptors (Lipinski definition) is 3. The van der Waals surface area contributed by atoms with Crippen LogP contribution in [0.4, 0.5) is 10.5 Å². The van der Waals surface area contributed by atoms with Gasteiger partial charge in [-0.3, -0.25) is 0 Å². The molecule has 5 nitrogen and oxygen atoms in total. The number of urea groups is 1. The Hall–Kier alpha value is -1.59. The first kappa shape index (κ1) is 13.5. The third-order valence-electron chi connectivity index (χ3n) is 2.83. The van der Waals surface area contributed by atoms with Crippen molar-refractivity contribution in [3.8, 4) is 0 Å². The number of amides is 2. The van der Waals surface area contributed by atoms with Crippen molar-refractivity contribution in [1.82, 2.24) is 0 Å². The van der Waals surface area contributed by atoms with Gasteiger partial charge in [0.05, 0.1) is 6.17 Å². The number of hydrogen-bond donors (Lipinski definition) is 4. The molecule has 0 fully saturated rings. The molecule has 0 heterocycles. The van der Waals surface area contributed by atoms with Crippen molar-refractivity contribution < 1.29 is 4.79 Å². The van der Waals surface area contributed by atoms with Crippen molar-refractivity contribution >= 4 is 11.7 Å². The number of anilines is 1. The molecule has 0 aromatic heterocycles. The summed E-state index contributed by atoms with van der Waals surface area (Å²) in [5.41, 5.74) is 20.2. The van der Waals surface area contributed by atoms with Gasteiger partial charge in [-0.2, -0.15) is 0 Å². The molecule has 0 aliphatic heterocycles. The van der Waals surface area contributed by atoms with E-state index in [4.69, 9.17) is 17.2 Å². The molecule has 1 aromatic rings. The second-order valence-corrected chi connectivity index (χ2v) is 4.40. The molecule has 1 aromatic carbocycles. The van der Waals surface area contributed by atoms with Crippen molar-refractivity contribution in [3.63, 3.8) is 0 Å². The highest BCUT2D eigenvalue weighted by molar-refractivity contribution is 5.90. The van der Waals surface area contributed by atoms with Gasteiger partial charge in [0.1, 0.15) is 0 Å². The molecular formula is C12H20N4O. The van der Waals surface area contributed by atoms with E-state index >= 15 is 0 Å². The topological polar surface area (TPSA) is 107 Å². The Morgan fingerprint density at radius 2 is 1.88 bits per heavy atom. The zero-order valence-electron chi connectivity index (χ0n) is 10.4. The molecule has 0 aliphatic carbocycles. The molecule has 0 saturated heterocycles. The Morgan fingerprint density at radius 1 is 1.29 bits per heavy atom. The number of carbonyl (C=O) groups excluding carboxylic acids is 1. The Morgan fingerprint density at radius 3 is 2.35 bits per heavy atom. The number of primary amides is 1. The first-order valence-corrected chi connectivity index (χ1v) is 5.51. The molecule has 5 heteroatoms. The zero-order chi connectivity index (χ0) is 13.2. The van der Waals surface area contributed by atoms with Crippen molar-refractivity contribution in [3.05, 3.63) is 28.8 Å². The van der Waals surface area contributed by atoms with Crippen LogP contribution in [0.15, 0.2) is 12.1 Å². The summed E-state index contributed by atoms with van der Waals surface area (Å²) in [7, 11) is 0. The predicted molar refractivity (Wildman–Crippen MR) is 69.7 cm³/mol. The molecule has 0 saturated carbocycles. The monoisotopic (exact) mass is 236 g/mol. The highest BCUT2D eigenvalue weighted by atomic mass is 16.2. The highest BCUT2D eigenvalue weighted by Crippen LogP contribution is 2.29. The molecule has 0 aliphatic rings. The summed E-state index contributed by atoms with van der Waals surface area (Å²) in [6, 6.07) is 3.36. The molecule has 1 rings (SSSR count). The molecule has 1 unspecified atom stereocenters. The molecule has 1 atom stereocenters. The van der Waals surface area contributed by atoms with Gasteiger partial charge in [0.25, 0.3) is 0 Å². The van der Waals surface area contributed by atoms with Crippen LogP contribution in [0.3, 0.4) is 0 Å². The summed E-state index contributed by atoms with van der Waals surface area (Å²) < 4.78 is 0. The van der Waals surface area contributed by atoms with Crippen molar-refractivity contribution in [1.29, 1.82) is 0 Å². The maximum Gasteiger partial charge on any atom is 0.316 e. The molecule has 2 amide bonds. The van der Waals surface area contributed by atoms with E-state index in [1.807, 2.05) is 32.9 Å². The molecule has 0 radical (unpaired) electrons. The molecule has 0 bridgehead atoms. The van der Waals surface area contributed by atoms with Gasteiger partial charge in [-0.1, -0.05) is 24.6 Å². The molecule has 17 heavy (non-hydrogen) atoms. The number of benzene rings is 1. The summed E-state index contributed by atoms with van der Waals surface area (Å²) >= 11 is 0. The Labute approximate surface area is 101 Å². The van der Waals surface area contributed by atoms with Crippen LogP contribution in [0, 0.1) is 13.8 Å². The van der Waals surface area contributed by atoms with Gasteiger partial charge >= 0.3 is 6.03 Å². The smallest absolute Gasteiger partial charge is 0.316 e. The molecule has 7 N–H and O–H groups in total. The summed E-state index contributed by atoms with van der Waals surface area (Å²) in [6.45, 7) is 5.82. The van der Waals surface area contributed by atoms with Crippen molar-refractivity contribution in [2.45, 2.75) is 32.9 Å². The van der Waals surface area contributed by atoms with E-state index in [0.717, 1.165) is 16.7 Å². The zero-order valence-corrected chi connectivity index (χ0v) is 10.4. The van der Waals surface area contributed by atoms with Gasteiger partial charge in [-0.05, 0) is 25.0 Å². The fourth-order valence-electron chi connectivity index (χ4n) is 1.86. The van der Waals surface area contributed by atoms with Crippen LogP contribution >= 0.6 is 0 Å². The lowest BCUT2D eigenvalue weighted by Gasteiger charge is -2.22. The lowest BCUT2D eigenvalue weighted by atomic mass is 9.92. The van der Waals surface area contributed by atoms with Crippen LogP contribution in [0.5, 0.6) is 0 Å². The maximum absolute atomic E-state index is 11.0. The first-order valence-electron chi connectivity index (χ1n) is 5.51. The van der Waals surface area contributed by atoms with Crippen LogP contribution in [0.2, 0.25) is 0 Å². The van der Waals surface area contributed by atoms with Crippen molar-refractivity contribution in [2.24, 2.45) is 17.2 Å². The molecular weight excluding hydrogens is 216 g/mol. The highest BCUT2D eigenvalue weighted by Gasteiger charge is 2.17. The van der Waals surface area contributed by atoms with Gasteiger partial charge in [0, 0.05) is 11.6 Å². The van der Waals surface area contributed by atoms with E-state index in [0.29, 0.717) is 5.69 Å². The van der Waals surface area contributed by atoms with Crippen LogP contribution in [0.1, 0.15) is 29.5 Å². The largest absolute Gasteiger partial charge is 0.351 e. The standard InChI is InChI=1S/C12H20N4O/c1-6-4-7(2)10(16-12(15)17)9(5-6)8(3)11(13)14/h4-5,8,11H,13-14H2,1-3H3,(H3,15,16,17). The van der Waals surface area contributed by atoms with E-state index < -0.39 is 12.2 Å². The fraction of sp³-hybridized carbons (Fsp3) is 0.417. The predicted octanol–water partition coefficient (Wildman–Crippen LogP) is 1.14. The first-order chi connectivity index (χ1) is 7.82. The quantitative estimate of drug-likeness (QED) is 0.591. The van der Waals surface area contributed by atoms with E-state index in [2.05, 4.69) is 5.32 Å². The summed E-state index contributed by atoms with van der Waals surface area (Å²) in [5.74, 6) is -0.0598. The van der Waals surface area contributed by atoms with E-state index in [1.165, 1.54) is 0 Å². The van der Waals surface area contributed by atoms with Crippen LogP contribution in [-0.4, -0.2) is 12.2 Å². The molecule has 94 valence electrons. The summed E-state index contributed by atoms with van der Waals surface area (Å²) in [6.07, 6.45) is -0.482. The number of nitrogens with two attached hydrogens (primary N) is 3. The van der Waals surface area contributed by atoms with Gasteiger partial charge in [-0.15, -0.1) is 0 Å². The van der Waals surface area contributed by atoms with Crippen LogP contribution in [-0.2, 0) is 0 Å². The second-order valence-electron chi connectivity index (χ2n) is 4.40. The number of carbonyl (C=O) groups is 1. The third kappa shape index (κ3) is 3.18. The maximum atomic E-state index is 11.0. The van der Waals surface area contributed by atoms with Gasteiger partial charge in [-0.25, -0.2) is 4.79 Å². The lowest BCUT2D eigenvalue weighted by Crippen LogP contribution is -2.36. The van der Waals surface area contributed by atoms with Crippen LogP contribution in [0.25, 0.3) is 0 Å². The Bertz CT molecular complexity index is 429. The van der Waals surface area contributed by atoms with E-state index in [-0.39, 0.29) is 5.92 Å².